The summed E-state index contributed by atoms with van der Waals surface area (Å²) in [7, 11) is 0. The van der Waals surface area contributed by atoms with E-state index in [0.717, 1.165) is 37.8 Å². The van der Waals surface area contributed by atoms with Crippen molar-refractivity contribution in [3.63, 3.8) is 0 Å². The van der Waals surface area contributed by atoms with E-state index in [1.165, 1.54) is 25.2 Å². The lowest BCUT2D eigenvalue weighted by molar-refractivity contribution is -0.339. The van der Waals surface area contributed by atoms with E-state index in [2.05, 4.69) is 20.9 Å². The van der Waals surface area contributed by atoms with Gasteiger partial charge < -0.3 is 70.1 Å². The number of nitrogens with one attached hydrogen (secondary N) is 3. The van der Waals surface area contributed by atoms with Gasteiger partial charge in [-0.25, -0.2) is 9.78 Å². The van der Waals surface area contributed by atoms with Gasteiger partial charge >= 0.3 is 5.97 Å². The third kappa shape index (κ3) is 12.4. The number of rotatable bonds is 18. The molecule has 2 aliphatic carbocycles. The molecule has 5 rings (SSSR count). The third-order valence-electron chi connectivity index (χ3n) is 11.9. The first-order valence-corrected chi connectivity index (χ1v) is 21.7. The second-order valence-electron chi connectivity index (χ2n) is 16.4. The highest BCUT2D eigenvalue weighted by Crippen LogP contribution is 2.40. The van der Waals surface area contributed by atoms with E-state index in [-0.39, 0.29) is 43.7 Å². The molecule has 0 bridgehead atoms. The number of hydrogen-bond donors (Lipinski definition) is 10. The number of carbonyl (C=O) groups excluding carboxylic acids is 2. The molecule has 1 aromatic rings. The van der Waals surface area contributed by atoms with Crippen molar-refractivity contribution in [2.75, 3.05) is 19.7 Å². The Kier molecular flexibility index (Phi) is 17.8. The Morgan fingerprint density at radius 3 is 2.29 bits per heavy atom. The predicted molar refractivity (Wildman–Crippen MR) is 209 cm³/mol. The minimum Gasteiger partial charge on any atom is -0.479 e. The summed E-state index contributed by atoms with van der Waals surface area (Å²) in [5, 5.41) is 85.2. The number of hydrogen-bond acceptors (Lipinski definition) is 17. The molecule has 10 unspecified atom stereocenters. The van der Waals surface area contributed by atoms with Gasteiger partial charge in [-0.15, -0.1) is 11.3 Å². The van der Waals surface area contributed by atoms with Gasteiger partial charge in [0.15, 0.2) is 23.7 Å². The normalized spacial score (nSPS) is 36.7. The lowest BCUT2D eigenvalue weighted by Crippen LogP contribution is -2.67. The molecule has 19 nitrogen and oxygen atoms in total. The van der Waals surface area contributed by atoms with Crippen LogP contribution in [0.1, 0.15) is 94.1 Å². The molecule has 2 amide bonds. The fourth-order valence-electron chi connectivity index (χ4n) is 8.68. The van der Waals surface area contributed by atoms with Gasteiger partial charge in [0.25, 0.3) is 5.91 Å². The number of amides is 2. The molecule has 0 radical (unpaired) electrons. The Balaban J connectivity index is 1.39. The van der Waals surface area contributed by atoms with Crippen molar-refractivity contribution in [2.45, 2.75) is 171 Å². The fraction of sp³-hybridized carbons (Fsp3) is 0.846. The van der Waals surface area contributed by atoms with Gasteiger partial charge in [-0.2, -0.15) is 0 Å². The molecule has 2 saturated heterocycles. The number of aryl methyl sites for hydroxylation is 1. The molecule has 16 atom stereocenters. The molecule has 10 N–H and O–H groups in total. The van der Waals surface area contributed by atoms with Gasteiger partial charge in [0.1, 0.15) is 42.9 Å². The van der Waals surface area contributed by atoms with E-state index in [4.69, 9.17) is 23.7 Å². The molecule has 3 heterocycles. The van der Waals surface area contributed by atoms with Gasteiger partial charge in [0, 0.05) is 30.1 Å². The maximum absolute atomic E-state index is 13.8. The molecule has 1 aromatic heterocycles. The van der Waals surface area contributed by atoms with Crippen LogP contribution in [-0.4, -0.2) is 164 Å². The summed E-state index contributed by atoms with van der Waals surface area (Å²) in [5.74, 6) is -2.92. The van der Waals surface area contributed by atoms with Crippen LogP contribution >= 0.6 is 11.3 Å². The number of ether oxygens (including phenoxy) is 5. The van der Waals surface area contributed by atoms with Gasteiger partial charge in [-0.05, 0) is 51.9 Å². The van der Waals surface area contributed by atoms with Crippen LogP contribution in [0.4, 0.5) is 0 Å². The molecule has 0 spiro atoms. The van der Waals surface area contributed by atoms with Gasteiger partial charge in [-0.1, -0.05) is 45.4 Å². The number of carboxylic acids is 1. The van der Waals surface area contributed by atoms with E-state index in [1.807, 2.05) is 6.92 Å². The van der Waals surface area contributed by atoms with Gasteiger partial charge in [-0.3, -0.25) is 14.9 Å². The maximum Gasteiger partial charge on any atom is 0.332 e. The molecule has 336 valence electrons. The van der Waals surface area contributed by atoms with E-state index >= 15 is 0 Å². The van der Waals surface area contributed by atoms with Crippen molar-refractivity contribution < 1.29 is 73.8 Å². The molecule has 2 aliphatic heterocycles. The average molecular weight is 861 g/mol. The number of aromatic nitrogens is 1. The molecule has 59 heavy (non-hydrogen) atoms. The van der Waals surface area contributed by atoms with Crippen molar-refractivity contribution in [3.05, 3.63) is 16.1 Å². The lowest BCUT2D eigenvalue weighted by Gasteiger charge is -2.49. The van der Waals surface area contributed by atoms with Crippen molar-refractivity contribution in [1.82, 2.24) is 20.9 Å². The Hall–Kier alpha value is -2.44. The zero-order valence-corrected chi connectivity index (χ0v) is 34.9. The summed E-state index contributed by atoms with van der Waals surface area (Å²) in [6, 6.07) is -1.21. The Morgan fingerprint density at radius 1 is 0.949 bits per heavy atom. The second kappa shape index (κ2) is 22.1. The Morgan fingerprint density at radius 2 is 1.66 bits per heavy atom. The van der Waals surface area contributed by atoms with Gasteiger partial charge in [0.2, 0.25) is 5.91 Å². The predicted octanol–water partition coefficient (Wildman–Crippen LogP) is -0.485. The van der Waals surface area contributed by atoms with Gasteiger partial charge in [0.05, 0.1) is 31.0 Å². The Labute approximate surface area is 348 Å². The van der Waals surface area contributed by atoms with Crippen LogP contribution in [0.3, 0.4) is 0 Å². The highest BCUT2D eigenvalue weighted by Gasteiger charge is 2.52. The van der Waals surface area contributed by atoms with Crippen molar-refractivity contribution in [3.8, 4) is 0 Å². The first-order valence-electron chi connectivity index (χ1n) is 20.9. The highest BCUT2D eigenvalue weighted by molar-refractivity contribution is 7.11. The van der Waals surface area contributed by atoms with Crippen LogP contribution in [0.5, 0.6) is 0 Å². The first kappa shape index (κ1) is 47.6. The van der Waals surface area contributed by atoms with Crippen molar-refractivity contribution in [1.29, 1.82) is 0 Å². The largest absolute Gasteiger partial charge is 0.479 e. The topological polar surface area (TPSA) is 288 Å². The van der Waals surface area contributed by atoms with E-state index in [9.17, 15) is 50.1 Å². The monoisotopic (exact) mass is 860 g/mol. The SMILES string of the molecule is CCC1CC(C(=O)NCCNC(=O)c2nc(C)cs2)C[C@@H](O[C@@H]2OC(CO)[C@H](O)C(O[C@@H](CC3CCCCC3)C(=O)O)C2NC(C)O)C1OC1O[C@@H](C)C(O)C(O)[C@@H]1O. The summed E-state index contributed by atoms with van der Waals surface area (Å²) in [6.45, 7) is 6.14. The number of aliphatic hydroxyl groups is 6. The summed E-state index contributed by atoms with van der Waals surface area (Å²) in [5.41, 5.74) is 0.722. The third-order valence-corrected chi connectivity index (χ3v) is 12.9. The van der Waals surface area contributed by atoms with Crippen molar-refractivity contribution in [2.24, 2.45) is 17.8 Å². The van der Waals surface area contributed by atoms with Crippen LogP contribution in [0.25, 0.3) is 0 Å². The number of thiazole rings is 1. The first-order chi connectivity index (χ1) is 28.1. The highest BCUT2D eigenvalue weighted by atomic mass is 32.1. The summed E-state index contributed by atoms with van der Waals surface area (Å²) >= 11 is 1.21. The van der Waals surface area contributed by atoms with Crippen LogP contribution < -0.4 is 16.0 Å². The van der Waals surface area contributed by atoms with Crippen molar-refractivity contribution >= 4 is 29.1 Å². The van der Waals surface area contributed by atoms with E-state index in [1.54, 1.807) is 12.3 Å². The maximum atomic E-state index is 13.8. The van der Waals surface area contributed by atoms with E-state index < -0.39 is 110 Å². The minimum absolute atomic E-state index is 0.0137. The molecule has 2 saturated carbocycles. The average Bonchev–Trinajstić information content (AvgIpc) is 3.66. The second-order valence-corrected chi connectivity index (χ2v) is 17.2. The summed E-state index contributed by atoms with van der Waals surface area (Å²) < 4.78 is 31.2. The molecular formula is C39H64N4O15S. The van der Waals surface area contributed by atoms with Crippen LogP contribution in [0.15, 0.2) is 5.38 Å². The number of carboxylic acid groups (broad SMARTS) is 1. The van der Waals surface area contributed by atoms with E-state index in [0.29, 0.717) is 17.8 Å². The zero-order valence-electron chi connectivity index (χ0n) is 34.1. The number of carbonyl (C=O) groups is 3. The minimum atomic E-state index is -1.65. The molecule has 4 fully saturated rings. The smallest absolute Gasteiger partial charge is 0.332 e. The number of aliphatic hydroxyl groups excluding tert-OH is 6. The molecular weight excluding hydrogens is 797 g/mol. The number of nitrogens with zero attached hydrogens (tertiary/aromatic N) is 1. The lowest BCUT2D eigenvalue weighted by atomic mass is 9.75. The fourth-order valence-corrected chi connectivity index (χ4v) is 9.39. The van der Waals surface area contributed by atoms with Crippen LogP contribution in [0, 0.1) is 24.7 Å². The summed E-state index contributed by atoms with van der Waals surface area (Å²) in [4.78, 5) is 43.0. The standard InChI is InChI=1S/C39H64N4O15S/c1-5-22-14-23(34(50)40-11-12-41-35(51)36-42-18(2)17-59-36)15-24(32(22)58-39-31(49)30(48)28(46)19(3)54-39)56-38-27(43-20(4)45)33(29(47)26(16-44)57-38)55-25(37(52)53)13-21-9-7-6-8-10-21/h17,19-33,38-39,43-49H,5-16H2,1-4H3,(H,40,50)(H,41,51)(H,52,53)/t19-,20?,22?,23?,24+,25-,26?,27?,28?,29-,30?,31-,32?,33?,38+,39?/m0/s1. The van der Waals surface area contributed by atoms with Crippen LogP contribution in [-0.2, 0) is 33.3 Å². The zero-order chi connectivity index (χ0) is 43.0. The number of aliphatic carboxylic acids is 1. The van der Waals surface area contributed by atoms with Crippen LogP contribution in [0.2, 0.25) is 0 Å². The summed E-state index contributed by atoms with van der Waals surface area (Å²) in [6.07, 6.45) is -11.5. The molecule has 20 heteroatoms. The molecule has 4 aliphatic rings. The molecule has 0 aromatic carbocycles. The quantitative estimate of drug-likeness (QED) is 0.0659. The Bertz CT molecular complexity index is 1500.